The van der Waals surface area contributed by atoms with Gasteiger partial charge in [0.25, 0.3) is 0 Å². The first-order chi connectivity index (χ1) is 9.43. The van der Waals surface area contributed by atoms with Crippen LogP contribution in [0.1, 0.15) is 33.4 Å². The molecule has 0 fully saturated rings. The predicted octanol–water partition coefficient (Wildman–Crippen LogP) is 4.30. The van der Waals surface area contributed by atoms with Gasteiger partial charge >= 0.3 is 0 Å². The highest BCUT2D eigenvalue weighted by molar-refractivity contribution is 7.13. The van der Waals surface area contributed by atoms with Crippen molar-refractivity contribution in [3.8, 4) is 16.3 Å². The average Bonchev–Trinajstić information content (AvgIpc) is 2.87. The number of nitrogens with one attached hydrogen (secondary N) is 1. The third-order valence-electron chi connectivity index (χ3n) is 3.41. The minimum absolute atomic E-state index is 0.0970. The standard InChI is InChI=1S/C16H20N2OS/c1-10-8-17-12-7-11(5-6-13(12)19-10)15-18-14(9-20-15)16(2,3)4/h5-7,9-10,17H,8H2,1-4H3. The van der Waals surface area contributed by atoms with Crippen LogP contribution in [0.2, 0.25) is 0 Å². The van der Waals surface area contributed by atoms with Crippen LogP contribution < -0.4 is 10.1 Å². The minimum Gasteiger partial charge on any atom is -0.487 e. The van der Waals surface area contributed by atoms with Gasteiger partial charge in [-0.05, 0) is 25.1 Å². The fourth-order valence-corrected chi connectivity index (χ4v) is 3.21. The van der Waals surface area contributed by atoms with Crippen LogP contribution in [0.25, 0.3) is 10.6 Å². The van der Waals surface area contributed by atoms with E-state index in [1.54, 1.807) is 11.3 Å². The second kappa shape index (κ2) is 4.77. The monoisotopic (exact) mass is 288 g/mol. The van der Waals surface area contributed by atoms with Gasteiger partial charge in [0, 0.05) is 16.4 Å². The largest absolute Gasteiger partial charge is 0.487 e. The van der Waals surface area contributed by atoms with E-state index in [0.717, 1.165) is 34.2 Å². The molecule has 1 unspecified atom stereocenters. The van der Waals surface area contributed by atoms with E-state index in [0.29, 0.717) is 0 Å². The average molecular weight is 288 g/mol. The molecule has 4 heteroatoms. The number of aromatic nitrogens is 1. The highest BCUT2D eigenvalue weighted by atomic mass is 32.1. The molecule has 0 saturated heterocycles. The van der Waals surface area contributed by atoms with Crippen molar-refractivity contribution in [2.75, 3.05) is 11.9 Å². The Kier molecular flexibility index (Phi) is 3.21. The topological polar surface area (TPSA) is 34.2 Å². The Morgan fingerprint density at radius 1 is 1.35 bits per heavy atom. The molecule has 0 radical (unpaired) electrons. The summed E-state index contributed by atoms with van der Waals surface area (Å²) in [6.45, 7) is 9.49. The number of hydrogen-bond donors (Lipinski definition) is 1. The molecule has 20 heavy (non-hydrogen) atoms. The quantitative estimate of drug-likeness (QED) is 0.849. The van der Waals surface area contributed by atoms with Gasteiger partial charge in [0.1, 0.15) is 16.9 Å². The summed E-state index contributed by atoms with van der Waals surface area (Å²) >= 11 is 1.70. The van der Waals surface area contributed by atoms with Crippen molar-refractivity contribution in [3.05, 3.63) is 29.3 Å². The molecular formula is C16H20N2OS. The van der Waals surface area contributed by atoms with Crippen molar-refractivity contribution in [1.82, 2.24) is 4.98 Å². The van der Waals surface area contributed by atoms with Gasteiger partial charge in [0.05, 0.1) is 17.9 Å². The molecule has 1 aliphatic heterocycles. The Balaban J connectivity index is 1.93. The molecule has 1 aromatic heterocycles. The SMILES string of the molecule is CC1CNc2cc(-c3nc(C(C)(C)C)cs3)ccc2O1. The van der Waals surface area contributed by atoms with Crippen molar-refractivity contribution < 1.29 is 4.74 Å². The van der Waals surface area contributed by atoms with Gasteiger partial charge < -0.3 is 10.1 Å². The maximum atomic E-state index is 5.80. The third-order valence-corrected chi connectivity index (χ3v) is 4.30. The van der Waals surface area contributed by atoms with E-state index >= 15 is 0 Å². The zero-order valence-electron chi connectivity index (χ0n) is 12.4. The van der Waals surface area contributed by atoms with Crippen molar-refractivity contribution in [2.45, 2.75) is 39.2 Å². The van der Waals surface area contributed by atoms with Gasteiger partial charge in [0.2, 0.25) is 0 Å². The van der Waals surface area contributed by atoms with Crippen LogP contribution in [0.5, 0.6) is 5.75 Å². The van der Waals surface area contributed by atoms with E-state index in [2.05, 4.69) is 50.5 Å². The summed E-state index contributed by atoms with van der Waals surface area (Å²) in [5.41, 5.74) is 3.45. The van der Waals surface area contributed by atoms with Crippen molar-refractivity contribution in [3.63, 3.8) is 0 Å². The maximum Gasteiger partial charge on any atom is 0.142 e. The van der Waals surface area contributed by atoms with Crippen molar-refractivity contribution >= 4 is 17.0 Å². The van der Waals surface area contributed by atoms with E-state index in [4.69, 9.17) is 9.72 Å². The van der Waals surface area contributed by atoms with Gasteiger partial charge in [-0.2, -0.15) is 0 Å². The summed E-state index contributed by atoms with van der Waals surface area (Å²) in [5, 5.41) is 6.63. The van der Waals surface area contributed by atoms with Crippen LogP contribution >= 0.6 is 11.3 Å². The smallest absolute Gasteiger partial charge is 0.142 e. The van der Waals surface area contributed by atoms with Crippen LogP contribution in [0.4, 0.5) is 5.69 Å². The van der Waals surface area contributed by atoms with Crippen molar-refractivity contribution in [1.29, 1.82) is 0 Å². The molecule has 1 atom stereocenters. The fourth-order valence-electron chi connectivity index (χ4n) is 2.17. The molecule has 3 rings (SSSR count). The predicted molar refractivity (Wildman–Crippen MR) is 84.8 cm³/mol. The molecule has 0 amide bonds. The summed E-state index contributed by atoms with van der Waals surface area (Å²) in [5.74, 6) is 0.931. The minimum atomic E-state index is 0.0970. The Morgan fingerprint density at radius 3 is 2.85 bits per heavy atom. The second-order valence-corrected chi connectivity index (χ2v) is 7.17. The summed E-state index contributed by atoms with van der Waals surface area (Å²) in [6.07, 6.45) is 0.223. The number of benzene rings is 1. The summed E-state index contributed by atoms with van der Waals surface area (Å²) in [4.78, 5) is 4.77. The molecule has 1 aliphatic rings. The molecule has 2 aromatic rings. The Labute approximate surface area is 124 Å². The normalized spacial score (nSPS) is 18.1. The van der Waals surface area contributed by atoms with E-state index < -0.39 is 0 Å². The van der Waals surface area contributed by atoms with Crippen LogP contribution in [0.15, 0.2) is 23.6 Å². The van der Waals surface area contributed by atoms with Gasteiger partial charge in [-0.1, -0.05) is 20.8 Å². The van der Waals surface area contributed by atoms with Crippen LogP contribution in [-0.2, 0) is 5.41 Å². The summed E-state index contributed by atoms with van der Waals surface area (Å²) < 4.78 is 5.80. The number of ether oxygens (including phenoxy) is 1. The number of thiazole rings is 1. The molecule has 0 aliphatic carbocycles. The third kappa shape index (κ3) is 2.52. The number of rotatable bonds is 1. The molecule has 2 heterocycles. The summed E-state index contributed by atoms with van der Waals surface area (Å²) in [6, 6.07) is 6.25. The molecule has 1 aromatic carbocycles. The Morgan fingerprint density at radius 2 is 2.15 bits per heavy atom. The molecule has 1 N–H and O–H groups in total. The molecular weight excluding hydrogens is 268 g/mol. The van der Waals surface area contributed by atoms with E-state index in [9.17, 15) is 0 Å². The van der Waals surface area contributed by atoms with Gasteiger partial charge in [-0.25, -0.2) is 4.98 Å². The highest BCUT2D eigenvalue weighted by Gasteiger charge is 2.19. The van der Waals surface area contributed by atoms with Crippen LogP contribution in [0.3, 0.4) is 0 Å². The van der Waals surface area contributed by atoms with E-state index in [-0.39, 0.29) is 11.5 Å². The number of nitrogens with zero attached hydrogens (tertiary/aromatic N) is 1. The Hall–Kier alpha value is -1.55. The number of anilines is 1. The van der Waals surface area contributed by atoms with Gasteiger partial charge in [-0.15, -0.1) is 11.3 Å². The van der Waals surface area contributed by atoms with Crippen molar-refractivity contribution in [2.24, 2.45) is 0 Å². The number of fused-ring (bicyclic) bond motifs is 1. The highest BCUT2D eigenvalue weighted by Crippen LogP contribution is 2.36. The lowest BCUT2D eigenvalue weighted by molar-refractivity contribution is 0.226. The van der Waals surface area contributed by atoms with Crippen LogP contribution in [-0.4, -0.2) is 17.6 Å². The lowest BCUT2D eigenvalue weighted by Gasteiger charge is -2.25. The first-order valence-electron chi connectivity index (χ1n) is 6.94. The Bertz CT molecular complexity index is 628. The molecule has 3 nitrogen and oxygen atoms in total. The lowest BCUT2D eigenvalue weighted by atomic mass is 9.93. The molecule has 106 valence electrons. The van der Waals surface area contributed by atoms with Crippen LogP contribution in [0, 0.1) is 0 Å². The maximum absolute atomic E-state index is 5.80. The summed E-state index contributed by atoms with van der Waals surface area (Å²) in [7, 11) is 0. The van der Waals surface area contributed by atoms with Gasteiger partial charge in [-0.3, -0.25) is 0 Å². The van der Waals surface area contributed by atoms with E-state index in [1.807, 2.05) is 6.07 Å². The number of hydrogen-bond acceptors (Lipinski definition) is 4. The molecule has 0 saturated carbocycles. The van der Waals surface area contributed by atoms with E-state index in [1.165, 1.54) is 0 Å². The first kappa shape index (κ1) is 13.4. The zero-order valence-corrected chi connectivity index (χ0v) is 13.2. The first-order valence-corrected chi connectivity index (χ1v) is 7.82. The molecule has 0 spiro atoms. The van der Waals surface area contributed by atoms with Gasteiger partial charge in [0.15, 0.2) is 0 Å². The fraction of sp³-hybridized carbons (Fsp3) is 0.438. The zero-order chi connectivity index (χ0) is 14.3. The second-order valence-electron chi connectivity index (χ2n) is 6.31. The molecule has 0 bridgehead atoms. The lowest BCUT2D eigenvalue weighted by Crippen LogP contribution is -2.27.